The van der Waals surface area contributed by atoms with Crippen LogP contribution in [0.3, 0.4) is 0 Å². The van der Waals surface area contributed by atoms with Gasteiger partial charge in [0.05, 0.1) is 10.6 Å². The first-order valence-electron chi connectivity index (χ1n) is 7.03. The minimum atomic E-state index is -3.14. The van der Waals surface area contributed by atoms with Crippen molar-refractivity contribution in [2.75, 3.05) is 17.6 Å². The molecule has 4 nitrogen and oxygen atoms in total. The van der Waals surface area contributed by atoms with Crippen LogP contribution in [0.25, 0.3) is 0 Å². The number of anilines is 1. The van der Waals surface area contributed by atoms with E-state index < -0.39 is 9.84 Å². The second-order valence-electron chi connectivity index (χ2n) is 5.92. The molecule has 0 aliphatic rings. The number of benzene rings is 1. The predicted molar refractivity (Wildman–Crippen MR) is 84.7 cm³/mol. The SMILES string of the molecule is CCS(=O)(=O)c1ccc(NC(C)(CN)CC(C)C)cc1. The van der Waals surface area contributed by atoms with Crippen LogP contribution in [-0.4, -0.2) is 26.3 Å². The van der Waals surface area contributed by atoms with Crippen LogP contribution in [0.15, 0.2) is 29.2 Å². The molecule has 0 saturated heterocycles. The van der Waals surface area contributed by atoms with E-state index in [4.69, 9.17) is 5.73 Å². The van der Waals surface area contributed by atoms with Gasteiger partial charge >= 0.3 is 0 Å². The van der Waals surface area contributed by atoms with Crippen LogP contribution in [-0.2, 0) is 9.84 Å². The van der Waals surface area contributed by atoms with Gasteiger partial charge in [-0.3, -0.25) is 0 Å². The fraction of sp³-hybridized carbons (Fsp3) is 0.600. The van der Waals surface area contributed by atoms with Crippen molar-refractivity contribution < 1.29 is 8.42 Å². The summed E-state index contributed by atoms with van der Waals surface area (Å²) < 4.78 is 23.5. The molecule has 1 aromatic rings. The van der Waals surface area contributed by atoms with E-state index in [0.29, 0.717) is 17.4 Å². The van der Waals surface area contributed by atoms with Crippen LogP contribution in [0.1, 0.15) is 34.1 Å². The van der Waals surface area contributed by atoms with Crippen molar-refractivity contribution in [2.45, 2.75) is 44.6 Å². The average molecular weight is 298 g/mol. The molecule has 0 bridgehead atoms. The van der Waals surface area contributed by atoms with Crippen LogP contribution >= 0.6 is 0 Å². The molecule has 5 heteroatoms. The van der Waals surface area contributed by atoms with Crippen molar-refractivity contribution >= 4 is 15.5 Å². The highest BCUT2D eigenvalue weighted by atomic mass is 32.2. The Morgan fingerprint density at radius 1 is 1.25 bits per heavy atom. The maximum absolute atomic E-state index is 11.8. The van der Waals surface area contributed by atoms with Gasteiger partial charge in [-0.2, -0.15) is 0 Å². The van der Waals surface area contributed by atoms with Gasteiger partial charge in [0.25, 0.3) is 0 Å². The molecular formula is C15H26N2O2S. The minimum absolute atomic E-state index is 0.119. The molecule has 0 heterocycles. The first-order chi connectivity index (χ1) is 9.22. The summed E-state index contributed by atoms with van der Waals surface area (Å²) in [6.07, 6.45) is 0.957. The zero-order valence-electron chi connectivity index (χ0n) is 12.8. The number of hydrogen-bond donors (Lipinski definition) is 2. The second-order valence-corrected chi connectivity index (χ2v) is 8.19. The fourth-order valence-electron chi connectivity index (χ4n) is 2.35. The Kier molecular flexibility index (Phi) is 5.59. The van der Waals surface area contributed by atoms with Crippen molar-refractivity contribution in [3.63, 3.8) is 0 Å². The van der Waals surface area contributed by atoms with Gasteiger partial charge in [-0.25, -0.2) is 8.42 Å². The van der Waals surface area contributed by atoms with E-state index in [9.17, 15) is 8.42 Å². The Morgan fingerprint density at radius 3 is 2.20 bits per heavy atom. The Balaban J connectivity index is 2.89. The maximum atomic E-state index is 11.8. The van der Waals surface area contributed by atoms with Gasteiger partial charge in [-0.15, -0.1) is 0 Å². The van der Waals surface area contributed by atoms with Crippen molar-refractivity contribution in [3.8, 4) is 0 Å². The zero-order chi connectivity index (χ0) is 15.4. The molecule has 3 N–H and O–H groups in total. The topological polar surface area (TPSA) is 72.2 Å². The van der Waals surface area contributed by atoms with Crippen molar-refractivity contribution in [3.05, 3.63) is 24.3 Å². The van der Waals surface area contributed by atoms with Crippen LogP contribution in [0.5, 0.6) is 0 Å². The highest BCUT2D eigenvalue weighted by Gasteiger charge is 2.23. The molecule has 1 rings (SSSR count). The van der Waals surface area contributed by atoms with Crippen molar-refractivity contribution in [1.29, 1.82) is 0 Å². The van der Waals surface area contributed by atoms with Crippen molar-refractivity contribution in [1.82, 2.24) is 0 Å². The third-order valence-electron chi connectivity index (χ3n) is 3.35. The van der Waals surface area contributed by atoms with Gasteiger partial charge in [0, 0.05) is 17.8 Å². The predicted octanol–water partition coefficient (Wildman–Crippen LogP) is 2.66. The van der Waals surface area contributed by atoms with Gasteiger partial charge in [0.15, 0.2) is 9.84 Å². The van der Waals surface area contributed by atoms with E-state index in [-0.39, 0.29) is 11.3 Å². The van der Waals surface area contributed by atoms with E-state index in [0.717, 1.165) is 12.1 Å². The van der Waals surface area contributed by atoms with Gasteiger partial charge < -0.3 is 11.1 Å². The fourth-order valence-corrected chi connectivity index (χ4v) is 3.23. The number of hydrogen-bond acceptors (Lipinski definition) is 4. The van der Waals surface area contributed by atoms with E-state index in [1.807, 2.05) is 0 Å². The summed E-state index contributed by atoms with van der Waals surface area (Å²) in [5, 5.41) is 3.41. The lowest BCUT2D eigenvalue weighted by Crippen LogP contribution is -2.43. The van der Waals surface area contributed by atoms with Gasteiger partial charge in [-0.1, -0.05) is 20.8 Å². The molecular weight excluding hydrogens is 272 g/mol. The first-order valence-corrected chi connectivity index (χ1v) is 8.69. The molecule has 0 aliphatic carbocycles. The molecule has 1 atom stereocenters. The molecule has 0 amide bonds. The Bertz CT molecular complexity index is 523. The molecule has 1 unspecified atom stereocenters. The lowest BCUT2D eigenvalue weighted by molar-refractivity contribution is 0.407. The van der Waals surface area contributed by atoms with Gasteiger partial charge in [0.1, 0.15) is 0 Å². The molecule has 0 spiro atoms. The van der Waals surface area contributed by atoms with E-state index in [1.165, 1.54) is 0 Å². The van der Waals surface area contributed by atoms with E-state index >= 15 is 0 Å². The molecule has 0 aromatic heterocycles. The van der Waals surface area contributed by atoms with Gasteiger partial charge in [0.2, 0.25) is 0 Å². The van der Waals surface area contributed by atoms with E-state index in [2.05, 4.69) is 26.1 Å². The molecule has 20 heavy (non-hydrogen) atoms. The standard InChI is InChI=1S/C15H26N2O2S/c1-5-20(18,19)14-8-6-13(7-9-14)17-15(4,11-16)10-12(2)3/h6-9,12,17H,5,10-11,16H2,1-4H3. The number of rotatable bonds is 7. The quantitative estimate of drug-likeness (QED) is 0.811. The van der Waals surface area contributed by atoms with E-state index in [1.54, 1.807) is 31.2 Å². The first kappa shape index (κ1) is 17.0. The molecule has 0 aliphatic heterocycles. The third kappa shape index (κ3) is 4.49. The van der Waals surface area contributed by atoms with Crippen LogP contribution < -0.4 is 11.1 Å². The summed E-state index contributed by atoms with van der Waals surface area (Å²) in [5.74, 6) is 0.656. The second kappa shape index (κ2) is 6.59. The summed E-state index contributed by atoms with van der Waals surface area (Å²) in [4.78, 5) is 0.365. The Hall–Kier alpha value is -1.07. The van der Waals surface area contributed by atoms with Crippen LogP contribution in [0.4, 0.5) is 5.69 Å². The van der Waals surface area contributed by atoms with Crippen LogP contribution in [0.2, 0.25) is 0 Å². The summed E-state index contributed by atoms with van der Waals surface area (Å²) in [5.41, 5.74) is 6.58. The third-order valence-corrected chi connectivity index (χ3v) is 5.10. The lowest BCUT2D eigenvalue weighted by Gasteiger charge is -2.32. The normalized spacial score (nSPS) is 15.1. The van der Waals surface area contributed by atoms with Gasteiger partial charge in [-0.05, 0) is 43.5 Å². The lowest BCUT2D eigenvalue weighted by atomic mass is 9.90. The number of nitrogens with one attached hydrogen (secondary N) is 1. The highest BCUT2D eigenvalue weighted by Crippen LogP contribution is 2.23. The summed E-state index contributed by atoms with van der Waals surface area (Å²) in [6.45, 7) is 8.58. The highest BCUT2D eigenvalue weighted by molar-refractivity contribution is 7.91. The summed E-state index contributed by atoms with van der Waals surface area (Å²) >= 11 is 0. The average Bonchev–Trinajstić information content (AvgIpc) is 2.38. The van der Waals surface area contributed by atoms with Crippen LogP contribution in [0, 0.1) is 5.92 Å². The Morgan fingerprint density at radius 2 is 1.80 bits per heavy atom. The molecule has 0 fully saturated rings. The zero-order valence-corrected chi connectivity index (χ0v) is 13.6. The summed E-state index contributed by atoms with van der Waals surface area (Å²) in [7, 11) is -3.14. The Labute approximate surface area is 122 Å². The smallest absolute Gasteiger partial charge is 0.178 e. The number of nitrogens with two attached hydrogens (primary N) is 1. The molecule has 114 valence electrons. The maximum Gasteiger partial charge on any atom is 0.178 e. The van der Waals surface area contributed by atoms with Crippen molar-refractivity contribution in [2.24, 2.45) is 11.7 Å². The monoisotopic (exact) mass is 298 g/mol. The minimum Gasteiger partial charge on any atom is -0.379 e. The molecule has 1 aromatic carbocycles. The molecule has 0 saturated carbocycles. The number of sulfone groups is 1. The summed E-state index contributed by atoms with van der Waals surface area (Å²) in [6, 6.07) is 6.90. The largest absolute Gasteiger partial charge is 0.379 e. The molecule has 0 radical (unpaired) electrons.